The lowest BCUT2D eigenvalue weighted by molar-refractivity contribution is 0.0980. The number of benzene rings is 1. The Bertz CT molecular complexity index is 565. The molecule has 1 amide bonds. The molecule has 1 aliphatic carbocycles. The molecule has 1 fully saturated rings. The van der Waals surface area contributed by atoms with Crippen LogP contribution in [0.1, 0.15) is 28.8 Å². The number of nitrogens with one attached hydrogen (secondary N) is 2. The van der Waals surface area contributed by atoms with Crippen LogP contribution in [0, 0.1) is 0 Å². The molecule has 0 spiro atoms. The minimum atomic E-state index is -3.49. The number of sulfonamides is 1. The fourth-order valence-electron chi connectivity index (χ4n) is 1.87. The highest BCUT2D eigenvalue weighted by Gasteiger charge is 2.37. The number of likely N-dealkylation sites (N-methyl/N-ethyl adjacent to an activating group) is 1. The van der Waals surface area contributed by atoms with Gasteiger partial charge in [-0.3, -0.25) is 4.79 Å². The summed E-state index contributed by atoms with van der Waals surface area (Å²) in [6, 6.07) is 7.08. The van der Waals surface area contributed by atoms with Crippen molar-refractivity contribution in [2.75, 3.05) is 13.6 Å². The maximum atomic E-state index is 12.1. The molecule has 104 valence electrons. The Morgan fingerprint density at radius 3 is 2.63 bits per heavy atom. The van der Waals surface area contributed by atoms with E-state index in [0.29, 0.717) is 24.8 Å². The van der Waals surface area contributed by atoms with Crippen molar-refractivity contribution in [1.29, 1.82) is 0 Å². The van der Waals surface area contributed by atoms with Crippen LogP contribution in [0.5, 0.6) is 0 Å². The molecule has 1 aromatic rings. The van der Waals surface area contributed by atoms with Gasteiger partial charge in [0.1, 0.15) is 0 Å². The quantitative estimate of drug-likeness (QED) is 0.804. The van der Waals surface area contributed by atoms with E-state index in [1.807, 2.05) is 19.2 Å². The van der Waals surface area contributed by atoms with Crippen LogP contribution in [-0.4, -0.2) is 33.2 Å². The zero-order chi connectivity index (χ0) is 13.9. The fraction of sp³-hybridized carbons (Fsp3) is 0.462. The van der Waals surface area contributed by atoms with Crippen LogP contribution < -0.4 is 10.0 Å². The minimum absolute atomic E-state index is 0.388. The fourth-order valence-corrected chi connectivity index (χ4v) is 3.16. The van der Waals surface area contributed by atoms with E-state index < -0.39 is 15.9 Å². The first-order valence-electron chi connectivity index (χ1n) is 6.33. The number of amides is 1. The standard InChI is InChI=1S/C13H18N2O3S/c1-14-9-8-10-4-2-3-5-12(10)13(16)15-19(17,18)11-6-7-11/h2-5,11,14H,6-9H2,1H3,(H,15,16). The van der Waals surface area contributed by atoms with Gasteiger partial charge in [-0.25, -0.2) is 13.1 Å². The molecule has 0 heterocycles. The molecule has 0 saturated heterocycles. The van der Waals surface area contributed by atoms with Gasteiger partial charge in [-0.15, -0.1) is 0 Å². The summed E-state index contributed by atoms with van der Waals surface area (Å²) in [6.07, 6.45) is 1.97. The van der Waals surface area contributed by atoms with Gasteiger partial charge in [0.2, 0.25) is 10.0 Å². The summed E-state index contributed by atoms with van der Waals surface area (Å²) in [7, 11) is -1.65. The van der Waals surface area contributed by atoms with Crippen LogP contribution in [0.25, 0.3) is 0 Å². The van der Waals surface area contributed by atoms with Gasteiger partial charge in [0.25, 0.3) is 5.91 Å². The number of carbonyl (C=O) groups excluding carboxylic acids is 1. The van der Waals surface area contributed by atoms with Crippen LogP contribution in [0.15, 0.2) is 24.3 Å². The van der Waals surface area contributed by atoms with E-state index in [1.54, 1.807) is 12.1 Å². The molecule has 2 N–H and O–H groups in total. The minimum Gasteiger partial charge on any atom is -0.319 e. The lowest BCUT2D eigenvalue weighted by Crippen LogP contribution is -2.34. The van der Waals surface area contributed by atoms with Crippen molar-refractivity contribution in [3.63, 3.8) is 0 Å². The number of hydrogen-bond acceptors (Lipinski definition) is 4. The summed E-state index contributed by atoms with van der Waals surface area (Å²) in [5, 5.41) is 2.62. The van der Waals surface area contributed by atoms with E-state index in [4.69, 9.17) is 0 Å². The van der Waals surface area contributed by atoms with E-state index in [9.17, 15) is 13.2 Å². The molecule has 0 aliphatic heterocycles. The Labute approximate surface area is 113 Å². The van der Waals surface area contributed by atoms with Crippen LogP contribution in [0.2, 0.25) is 0 Å². The van der Waals surface area contributed by atoms with Gasteiger partial charge in [0.05, 0.1) is 5.25 Å². The van der Waals surface area contributed by atoms with Gasteiger partial charge >= 0.3 is 0 Å². The van der Waals surface area contributed by atoms with Gasteiger partial charge in [-0.2, -0.15) is 0 Å². The van der Waals surface area contributed by atoms with E-state index in [1.165, 1.54) is 0 Å². The second kappa shape index (κ2) is 5.71. The molecule has 5 nitrogen and oxygen atoms in total. The molecule has 6 heteroatoms. The third kappa shape index (κ3) is 3.54. The summed E-state index contributed by atoms with van der Waals surface area (Å²) in [6.45, 7) is 0.736. The predicted octanol–water partition coefficient (Wildman–Crippen LogP) is 0.671. The zero-order valence-corrected chi connectivity index (χ0v) is 11.7. The summed E-state index contributed by atoms with van der Waals surface area (Å²) in [5.74, 6) is -0.529. The highest BCUT2D eigenvalue weighted by Crippen LogP contribution is 2.27. The predicted molar refractivity (Wildman–Crippen MR) is 73.5 cm³/mol. The van der Waals surface area contributed by atoms with Gasteiger partial charge in [-0.1, -0.05) is 18.2 Å². The summed E-state index contributed by atoms with van der Waals surface area (Å²) in [4.78, 5) is 12.1. The first-order valence-corrected chi connectivity index (χ1v) is 7.87. The molecule has 19 heavy (non-hydrogen) atoms. The maximum Gasteiger partial charge on any atom is 0.265 e. The van der Waals surface area contributed by atoms with E-state index in [0.717, 1.165) is 12.1 Å². The smallest absolute Gasteiger partial charge is 0.265 e. The molecule has 0 aromatic heterocycles. The Morgan fingerprint density at radius 2 is 2.00 bits per heavy atom. The first-order chi connectivity index (χ1) is 9.04. The lowest BCUT2D eigenvalue weighted by atomic mass is 10.0. The Hall–Kier alpha value is -1.40. The molecule has 1 aromatic carbocycles. The zero-order valence-electron chi connectivity index (χ0n) is 10.8. The van der Waals surface area contributed by atoms with Crippen molar-refractivity contribution >= 4 is 15.9 Å². The molecule has 1 aliphatic rings. The van der Waals surface area contributed by atoms with E-state index in [-0.39, 0.29) is 5.25 Å². The van der Waals surface area contributed by atoms with Crippen molar-refractivity contribution in [2.24, 2.45) is 0 Å². The highest BCUT2D eigenvalue weighted by atomic mass is 32.2. The molecule has 0 unspecified atom stereocenters. The molecular weight excluding hydrogens is 264 g/mol. The van der Waals surface area contributed by atoms with Crippen LogP contribution in [0.4, 0.5) is 0 Å². The number of rotatable bonds is 6. The van der Waals surface area contributed by atoms with Gasteiger partial charge < -0.3 is 5.32 Å². The number of hydrogen-bond donors (Lipinski definition) is 2. The van der Waals surface area contributed by atoms with Crippen molar-refractivity contribution in [3.8, 4) is 0 Å². The first kappa shape index (κ1) is 14.0. The van der Waals surface area contributed by atoms with Crippen molar-refractivity contribution in [2.45, 2.75) is 24.5 Å². The number of carbonyl (C=O) groups is 1. The van der Waals surface area contributed by atoms with E-state index in [2.05, 4.69) is 10.0 Å². The van der Waals surface area contributed by atoms with Crippen LogP contribution in [0.3, 0.4) is 0 Å². The van der Waals surface area contributed by atoms with Gasteiger partial charge in [0.15, 0.2) is 0 Å². The normalized spacial score (nSPS) is 15.2. The van der Waals surface area contributed by atoms with E-state index >= 15 is 0 Å². The Kier molecular flexibility index (Phi) is 4.21. The van der Waals surface area contributed by atoms with Crippen molar-refractivity contribution in [1.82, 2.24) is 10.0 Å². The van der Waals surface area contributed by atoms with Crippen LogP contribution in [-0.2, 0) is 16.4 Å². The summed E-state index contributed by atoms with van der Waals surface area (Å²) in [5.41, 5.74) is 1.28. The van der Waals surface area contributed by atoms with Crippen molar-refractivity contribution in [3.05, 3.63) is 35.4 Å². The van der Waals surface area contributed by atoms with Gasteiger partial charge in [-0.05, 0) is 44.5 Å². The molecule has 2 rings (SSSR count). The van der Waals surface area contributed by atoms with Crippen molar-refractivity contribution < 1.29 is 13.2 Å². The highest BCUT2D eigenvalue weighted by molar-refractivity contribution is 7.91. The topological polar surface area (TPSA) is 75.3 Å². The average molecular weight is 282 g/mol. The third-order valence-corrected chi connectivity index (χ3v) is 4.92. The summed E-state index contributed by atoms with van der Waals surface area (Å²) < 4.78 is 25.7. The molecule has 0 bridgehead atoms. The molecule has 1 saturated carbocycles. The van der Waals surface area contributed by atoms with Gasteiger partial charge in [0, 0.05) is 5.56 Å². The van der Waals surface area contributed by atoms with Crippen LogP contribution >= 0.6 is 0 Å². The Morgan fingerprint density at radius 1 is 1.32 bits per heavy atom. The second-order valence-corrected chi connectivity index (χ2v) is 6.65. The lowest BCUT2D eigenvalue weighted by Gasteiger charge is -2.10. The average Bonchev–Trinajstić information content (AvgIpc) is 3.20. The monoisotopic (exact) mass is 282 g/mol. The molecule has 0 atom stereocenters. The maximum absolute atomic E-state index is 12.1. The largest absolute Gasteiger partial charge is 0.319 e. The molecular formula is C13H18N2O3S. The SMILES string of the molecule is CNCCc1ccccc1C(=O)NS(=O)(=O)C1CC1. The third-order valence-electron chi connectivity index (χ3n) is 3.10. The molecule has 0 radical (unpaired) electrons. The second-order valence-electron chi connectivity index (χ2n) is 4.69. The summed E-state index contributed by atoms with van der Waals surface area (Å²) >= 11 is 0. The Balaban J connectivity index is 2.14.